The lowest BCUT2D eigenvalue weighted by atomic mass is 10.1. The highest BCUT2D eigenvalue weighted by Gasteiger charge is 2.07. The van der Waals surface area contributed by atoms with Crippen molar-refractivity contribution >= 4 is 34.5 Å². The minimum Gasteiger partial charge on any atom is -0.469 e. The summed E-state index contributed by atoms with van der Waals surface area (Å²) in [6.07, 6.45) is 1.06. The highest BCUT2D eigenvalue weighted by Crippen LogP contribution is 2.24. The number of methoxy groups -OCH3 is 1. The molecular weight excluding hydrogens is 292 g/mol. The van der Waals surface area contributed by atoms with Gasteiger partial charge in [0.2, 0.25) is 0 Å². The molecule has 0 bridgehead atoms. The van der Waals surface area contributed by atoms with Crippen molar-refractivity contribution in [3.63, 3.8) is 0 Å². The lowest BCUT2D eigenvalue weighted by Crippen LogP contribution is -2.09. The molecule has 0 aliphatic heterocycles. The molecule has 1 aromatic carbocycles. The number of carbonyl (C=O) groups excluding carboxylic acids is 1. The molecule has 0 aliphatic carbocycles. The van der Waals surface area contributed by atoms with Crippen LogP contribution in [0.1, 0.15) is 17.7 Å². The van der Waals surface area contributed by atoms with Gasteiger partial charge in [0.15, 0.2) is 0 Å². The van der Waals surface area contributed by atoms with Gasteiger partial charge >= 0.3 is 5.97 Å². The van der Waals surface area contributed by atoms with Gasteiger partial charge in [-0.15, -0.1) is 11.3 Å². The van der Waals surface area contributed by atoms with Crippen LogP contribution in [0.2, 0.25) is 0 Å². The average molecular weight is 306 g/mol. The van der Waals surface area contributed by atoms with Gasteiger partial charge in [0, 0.05) is 17.4 Å². The van der Waals surface area contributed by atoms with E-state index in [-0.39, 0.29) is 5.97 Å². The van der Waals surface area contributed by atoms with Crippen LogP contribution in [0, 0.1) is 0 Å². The lowest BCUT2D eigenvalue weighted by Gasteiger charge is -2.02. The maximum absolute atomic E-state index is 11.1. The molecule has 2 N–H and O–H groups in total. The molecule has 0 spiro atoms. The van der Waals surface area contributed by atoms with Crippen LogP contribution < -0.4 is 5.73 Å². The maximum Gasteiger partial charge on any atom is 0.305 e. The molecule has 6 heteroatoms. The molecule has 20 heavy (non-hydrogen) atoms. The van der Waals surface area contributed by atoms with E-state index in [0.29, 0.717) is 23.5 Å². The summed E-state index contributed by atoms with van der Waals surface area (Å²) in [6.45, 7) is 0. The number of nitrogens with two attached hydrogens (primary N) is 1. The predicted octanol–water partition coefficient (Wildman–Crippen LogP) is 2.55. The van der Waals surface area contributed by atoms with E-state index in [4.69, 9.17) is 18.0 Å². The average Bonchev–Trinajstić information content (AvgIpc) is 2.95. The number of thiocarbonyl (C=S) groups is 1. The van der Waals surface area contributed by atoms with Gasteiger partial charge in [0.25, 0.3) is 0 Å². The van der Waals surface area contributed by atoms with Crippen LogP contribution >= 0.6 is 23.6 Å². The first kappa shape index (κ1) is 14.6. The van der Waals surface area contributed by atoms with Crippen LogP contribution in [0.15, 0.2) is 29.6 Å². The molecule has 0 amide bonds. The Hall–Kier alpha value is -1.79. The predicted molar refractivity (Wildman–Crippen MR) is 83.8 cm³/mol. The molecule has 4 nitrogen and oxygen atoms in total. The van der Waals surface area contributed by atoms with Gasteiger partial charge in [0.1, 0.15) is 15.7 Å². The van der Waals surface area contributed by atoms with Crippen molar-refractivity contribution < 1.29 is 9.53 Å². The number of hydrogen-bond donors (Lipinski definition) is 1. The third-order valence-corrected chi connectivity index (χ3v) is 3.90. The normalized spacial score (nSPS) is 10.2. The number of aryl methyl sites for hydroxylation is 1. The number of hydrogen-bond acceptors (Lipinski definition) is 5. The van der Waals surface area contributed by atoms with E-state index in [9.17, 15) is 4.79 Å². The first-order valence-electron chi connectivity index (χ1n) is 6.01. The van der Waals surface area contributed by atoms with Crippen LogP contribution in [0.25, 0.3) is 10.6 Å². The largest absolute Gasteiger partial charge is 0.469 e. The summed E-state index contributed by atoms with van der Waals surface area (Å²) in [5.74, 6) is -0.199. The summed E-state index contributed by atoms with van der Waals surface area (Å²) in [4.78, 5) is 15.8. The van der Waals surface area contributed by atoms with E-state index in [0.717, 1.165) is 16.1 Å². The van der Waals surface area contributed by atoms with Crippen molar-refractivity contribution in [2.75, 3.05) is 7.11 Å². The zero-order valence-electron chi connectivity index (χ0n) is 11.0. The molecule has 0 radical (unpaired) electrons. The molecule has 2 aromatic rings. The number of thiazole rings is 1. The van der Waals surface area contributed by atoms with E-state index in [1.54, 1.807) is 0 Å². The van der Waals surface area contributed by atoms with Gasteiger partial charge in [-0.1, -0.05) is 36.5 Å². The highest BCUT2D eigenvalue weighted by atomic mass is 32.1. The zero-order chi connectivity index (χ0) is 14.5. The highest BCUT2D eigenvalue weighted by molar-refractivity contribution is 7.80. The summed E-state index contributed by atoms with van der Waals surface area (Å²) >= 11 is 6.40. The van der Waals surface area contributed by atoms with Crippen molar-refractivity contribution in [3.8, 4) is 10.6 Å². The summed E-state index contributed by atoms with van der Waals surface area (Å²) in [5.41, 5.74) is 8.29. The monoisotopic (exact) mass is 306 g/mol. The lowest BCUT2D eigenvalue weighted by molar-refractivity contribution is -0.140. The van der Waals surface area contributed by atoms with Gasteiger partial charge in [-0.25, -0.2) is 4.98 Å². The molecule has 0 aliphatic rings. The van der Waals surface area contributed by atoms with E-state index >= 15 is 0 Å². The quantitative estimate of drug-likeness (QED) is 0.679. The second-order valence-corrected chi connectivity index (χ2v) is 5.47. The van der Waals surface area contributed by atoms with Gasteiger partial charge in [0.05, 0.1) is 7.11 Å². The molecule has 0 saturated heterocycles. The summed E-state index contributed by atoms with van der Waals surface area (Å²) in [5, 5.41) is 2.73. The van der Waals surface area contributed by atoms with E-state index < -0.39 is 0 Å². The van der Waals surface area contributed by atoms with Crippen LogP contribution in [0.3, 0.4) is 0 Å². The number of aromatic nitrogens is 1. The fraction of sp³-hybridized carbons (Fsp3) is 0.214. The van der Waals surface area contributed by atoms with Crippen LogP contribution in [-0.4, -0.2) is 23.1 Å². The number of esters is 1. The van der Waals surface area contributed by atoms with E-state index in [1.807, 2.05) is 29.6 Å². The van der Waals surface area contributed by atoms with Crippen molar-refractivity contribution in [3.05, 3.63) is 40.9 Å². The van der Waals surface area contributed by atoms with Crippen molar-refractivity contribution in [2.24, 2.45) is 5.73 Å². The molecule has 1 aromatic heterocycles. The van der Waals surface area contributed by atoms with Gasteiger partial charge in [-0.05, 0) is 12.0 Å². The molecule has 1 heterocycles. The summed E-state index contributed by atoms with van der Waals surface area (Å²) in [7, 11) is 1.40. The molecule has 0 fully saturated rings. The fourth-order valence-corrected chi connectivity index (χ4v) is 2.69. The van der Waals surface area contributed by atoms with Crippen molar-refractivity contribution in [1.29, 1.82) is 0 Å². The topological polar surface area (TPSA) is 65.2 Å². The van der Waals surface area contributed by atoms with Gasteiger partial charge < -0.3 is 10.5 Å². The Bertz CT molecular complexity index is 620. The van der Waals surface area contributed by atoms with Crippen molar-refractivity contribution in [2.45, 2.75) is 12.8 Å². The number of nitrogens with zero attached hydrogens (tertiary/aromatic N) is 1. The number of benzene rings is 1. The molecule has 0 saturated carbocycles. The first-order chi connectivity index (χ1) is 9.60. The minimum absolute atomic E-state index is 0.199. The number of rotatable bonds is 5. The third kappa shape index (κ3) is 3.61. The smallest absolute Gasteiger partial charge is 0.305 e. The van der Waals surface area contributed by atoms with Crippen LogP contribution in [0.5, 0.6) is 0 Å². The fourth-order valence-electron chi connectivity index (χ4n) is 1.68. The molecule has 0 atom stereocenters. The number of ether oxygens (including phenoxy) is 1. The Morgan fingerprint density at radius 3 is 2.65 bits per heavy atom. The van der Waals surface area contributed by atoms with E-state index in [2.05, 4.69) is 9.72 Å². The summed E-state index contributed by atoms with van der Waals surface area (Å²) in [6, 6.07) is 7.93. The second-order valence-electron chi connectivity index (χ2n) is 4.18. The van der Waals surface area contributed by atoms with Gasteiger partial charge in [-0.2, -0.15) is 0 Å². The molecule has 104 valence electrons. The maximum atomic E-state index is 11.1. The third-order valence-electron chi connectivity index (χ3n) is 2.80. The second kappa shape index (κ2) is 6.58. The standard InChI is InChI=1S/C14H14N2O2S2/c1-18-12(17)7-4-9-2-5-10(6-3-9)14-16-11(8-20-14)13(15)19/h2-3,5-6,8H,4,7H2,1H3,(H2,15,19). The Labute approximate surface area is 126 Å². The Morgan fingerprint density at radius 1 is 1.40 bits per heavy atom. The molecular formula is C14H14N2O2S2. The molecule has 2 rings (SSSR count). The zero-order valence-corrected chi connectivity index (χ0v) is 12.6. The van der Waals surface area contributed by atoms with Gasteiger partial charge in [-0.3, -0.25) is 4.79 Å². The SMILES string of the molecule is COC(=O)CCc1ccc(-c2nc(C(N)=S)cs2)cc1. The van der Waals surface area contributed by atoms with Crippen molar-refractivity contribution in [1.82, 2.24) is 4.98 Å². The summed E-state index contributed by atoms with van der Waals surface area (Å²) < 4.78 is 4.62. The molecule has 0 unspecified atom stereocenters. The Morgan fingerprint density at radius 2 is 2.10 bits per heavy atom. The Kier molecular flexibility index (Phi) is 4.81. The van der Waals surface area contributed by atoms with Crippen LogP contribution in [0.4, 0.5) is 0 Å². The number of carbonyl (C=O) groups is 1. The minimum atomic E-state index is -0.199. The Balaban J connectivity index is 2.07. The first-order valence-corrected chi connectivity index (χ1v) is 7.30. The van der Waals surface area contributed by atoms with E-state index in [1.165, 1.54) is 18.4 Å². The van der Waals surface area contributed by atoms with Crippen LogP contribution in [-0.2, 0) is 16.0 Å².